The van der Waals surface area contributed by atoms with Crippen LogP contribution in [0.3, 0.4) is 0 Å². The minimum Gasteiger partial charge on any atom is -0.465 e. The van der Waals surface area contributed by atoms with Gasteiger partial charge in [-0.15, -0.1) is 0 Å². The van der Waals surface area contributed by atoms with Crippen LogP contribution in [-0.4, -0.2) is 24.0 Å². The van der Waals surface area contributed by atoms with Crippen LogP contribution in [0.4, 0.5) is 5.69 Å². The van der Waals surface area contributed by atoms with Crippen molar-refractivity contribution in [1.29, 1.82) is 0 Å². The number of benzene rings is 1. The number of ether oxygens (including phenoxy) is 1. The zero-order chi connectivity index (χ0) is 17.6. The first kappa shape index (κ1) is 15.7. The molecule has 0 saturated carbocycles. The summed E-state index contributed by atoms with van der Waals surface area (Å²) in [6.07, 6.45) is 0. The number of esters is 1. The smallest absolute Gasteiger partial charge is 0.340 e. The van der Waals surface area contributed by atoms with Crippen LogP contribution in [0.15, 0.2) is 41.1 Å². The molecular formula is C19H16N2O3S. The summed E-state index contributed by atoms with van der Waals surface area (Å²) in [7, 11) is 1.35. The van der Waals surface area contributed by atoms with Crippen LogP contribution in [0.1, 0.15) is 33.1 Å². The van der Waals surface area contributed by atoms with Gasteiger partial charge in [0.15, 0.2) is 0 Å². The quantitative estimate of drug-likeness (QED) is 0.702. The van der Waals surface area contributed by atoms with Gasteiger partial charge in [-0.1, -0.05) is 18.2 Å². The molecule has 0 aliphatic carbocycles. The SMILES string of the molecule is COC(=O)c1c(C)[nH]c(-c2ccsc2)c1[C@@H]1C(=O)Nc2ccccc21. The summed E-state index contributed by atoms with van der Waals surface area (Å²) < 4.78 is 4.98. The summed E-state index contributed by atoms with van der Waals surface area (Å²) in [6, 6.07) is 9.53. The number of aromatic amines is 1. The molecule has 2 aromatic heterocycles. The Morgan fingerprint density at radius 1 is 1.24 bits per heavy atom. The highest BCUT2D eigenvalue weighted by Gasteiger charge is 2.38. The Bertz CT molecular complexity index is 973. The molecule has 25 heavy (non-hydrogen) atoms. The van der Waals surface area contributed by atoms with Gasteiger partial charge >= 0.3 is 5.97 Å². The highest BCUT2D eigenvalue weighted by molar-refractivity contribution is 7.08. The normalized spacial score (nSPS) is 15.8. The Hall–Kier alpha value is -2.86. The average Bonchev–Trinajstić information content (AvgIpc) is 3.30. The third kappa shape index (κ3) is 2.37. The van der Waals surface area contributed by atoms with E-state index in [2.05, 4.69) is 10.3 Å². The highest BCUT2D eigenvalue weighted by atomic mass is 32.1. The van der Waals surface area contributed by atoms with Crippen molar-refractivity contribution in [3.63, 3.8) is 0 Å². The van der Waals surface area contributed by atoms with Crippen LogP contribution in [0.25, 0.3) is 11.3 Å². The van der Waals surface area contributed by atoms with Gasteiger partial charge in [0.2, 0.25) is 5.91 Å². The number of thiophene rings is 1. The minimum absolute atomic E-state index is 0.137. The van der Waals surface area contributed by atoms with Crippen molar-refractivity contribution in [2.24, 2.45) is 0 Å². The van der Waals surface area contributed by atoms with Crippen molar-refractivity contribution in [2.75, 3.05) is 12.4 Å². The molecule has 126 valence electrons. The molecule has 2 N–H and O–H groups in total. The molecule has 3 heterocycles. The van der Waals surface area contributed by atoms with E-state index in [1.165, 1.54) is 7.11 Å². The van der Waals surface area contributed by atoms with Gasteiger partial charge in [-0.2, -0.15) is 11.3 Å². The predicted octanol–water partition coefficient (Wildman–Crippen LogP) is 3.92. The zero-order valence-corrected chi connectivity index (χ0v) is 14.6. The fraction of sp³-hybridized carbons (Fsp3) is 0.158. The third-order valence-electron chi connectivity index (χ3n) is 4.51. The minimum atomic E-state index is -0.551. The Kier molecular flexibility index (Phi) is 3.69. The Morgan fingerprint density at radius 3 is 2.76 bits per heavy atom. The number of para-hydroxylation sites is 1. The second kappa shape index (κ2) is 5.89. The summed E-state index contributed by atoms with van der Waals surface area (Å²) in [4.78, 5) is 28.5. The van der Waals surface area contributed by atoms with Crippen molar-refractivity contribution < 1.29 is 14.3 Å². The molecule has 1 atom stereocenters. The van der Waals surface area contributed by atoms with Crippen LogP contribution >= 0.6 is 11.3 Å². The average molecular weight is 352 g/mol. The lowest BCUT2D eigenvalue weighted by molar-refractivity contribution is -0.116. The summed E-state index contributed by atoms with van der Waals surface area (Å²) >= 11 is 1.56. The molecular weight excluding hydrogens is 336 g/mol. The van der Waals surface area contributed by atoms with Crippen molar-refractivity contribution in [3.8, 4) is 11.3 Å². The number of methoxy groups -OCH3 is 1. The van der Waals surface area contributed by atoms with E-state index in [0.717, 1.165) is 22.5 Å². The summed E-state index contributed by atoms with van der Waals surface area (Å²) in [5.74, 6) is -1.13. The maximum atomic E-state index is 12.8. The molecule has 0 radical (unpaired) electrons. The number of amides is 1. The number of aromatic nitrogens is 1. The van der Waals surface area contributed by atoms with Gasteiger partial charge in [-0.05, 0) is 30.0 Å². The first-order valence-corrected chi connectivity index (χ1v) is 8.79. The van der Waals surface area contributed by atoms with Crippen molar-refractivity contribution in [1.82, 2.24) is 4.98 Å². The summed E-state index contributed by atoms with van der Waals surface area (Å²) in [5, 5.41) is 6.87. The standard InChI is InChI=1S/C19H16N2O3S/c1-10-14(19(23)24-2)16(17(20-10)11-7-8-25-9-11)15-12-5-3-4-6-13(12)21-18(15)22/h3-9,15,20H,1-2H3,(H,21,22)/t15-/m1/s1. The molecule has 0 unspecified atom stereocenters. The summed E-state index contributed by atoms with van der Waals surface area (Å²) in [5.41, 5.74) is 5.19. The van der Waals surface area contributed by atoms with Crippen molar-refractivity contribution >= 4 is 28.9 Å². The second-order valence-corrected chi connectivity index (χ2v) is 6.71. The van der Waals surface area contributed by atoms with E-state index in [0.29, 0.717) is 16.8 Å². The molecule has 0 spiro atoms. The molecule has 1 aliphatic heterocycles. The number of anilines is 1. The van der Waals surface area contributed by atoms with E-state index < -0.39 is 11.9 Å². The molecule has 5 nitrogen and oxygen atoms in total. The Labute approximate surface area is 148 Å². The number of hydrogen-bond acceptors (Lipinski definition) is 4. The first-order chi connectivity index (χ1) is 12.1. The number of rotatable bonds is 3. The van der Waals surface area contributed by atoms with Crippen molar-refractivity contribution in [2.45, 2.75) is 12.8 Å². The second-order valence-electron chi connectivity index (χ2n) is 5.93. The maximum Gasteiger partial charge on any atom is 0.340 e. The number of fused-ring (bicyclic) bond motifs is 1. The molecule has 1 amide bonds. The van der Waals surface area contributed by atoms with Crippen LogP contribution < -0.4 is 5.32 Å². The van der Waals surface area contributed by atoms with Crippen LogP contribution in [0.5, 0.6) is 0 Å². The van der Waals surface area contributed by atoms with Gasteiger partial charge < -0.3 is 15.0 Å². The largest absolute Gasteiger partial charge is 0.465 e. The van der Waals surface area contributed by atoms with E-state index in [1.54, 1.807) is 11.3 Å². The van der Waals surface area contributed by atoms with E-state index in [1.807, 2.05) is 48.0 Å². The topological polar surface area (TPSA) is 71.2 Å². The Balaban J connectivity index is 2.00. The van der Waals surface area contributed by atoms with Crippen molar-refractivity contribution in [3.05, 3.63) is 63.5 Å². The molecule has 1 aliphatic rings. The molecule has 1 aromatic carbocycles. The maximum absolute atomic E-state index is 12.8. The number of carbonyl (C=O) groups excluding carboxylic acids is 2. The number of aryl methyl sites for hydroxylation is 1. The van der Waals surface area contributed by atoms with E-state index in [-0.39, 0.29) is 5.91 Å². The molecule has 6 heteroatoms. The van der Waals surface area contributed by atoms with Gasteiger partial charge in [0.25, 0.3) is 0 Å². The third-order valence-corrected chi connectivity index (χ3v) is 5.19. The fourth-order valence-corrected chi connectivity index (χ4v) is 4.07. The lowest BCUT2D eigenvalue weighted by Gasteiger charge is -2.13. The van der Waals surface area contributed by atoms with Gasteiger partial charge in [-0.25, -0.2) is 4.79 Å². The summed E-state index contributed by atoms with van der Waals surface area (Å²) in [6.45, 7) is 1.82. The Morgan fingerprint density at radius 2 is 2.04 bits per heavy atom. The molecule has 4 rings (SSSR count). The molecule has 0 saturated heterocycles. The van der Waals surface area contributed by atoms with E-state index in [4.69, 9.17) is 4.74 Å². The molecule has 3 aromatic rings. The predicted molar refractivity (Wildman–Crippen MR) is 97.1 cm³/mol. The van der Waals surface area contributed by atoms with Crippen LogP contribution in [-0.2, 0) is 9.53 Å². The number of nitrogens with one attached hydrogen (secondary N) is 2. The highest BCUT2D eigenvalue weighted by Crippen LogP contribution is 2.43. The molecule has 0 fully saturated rings. The van der Waals surface area contributed by atoms with E-state index in [9.17, 15) is 9.59 Å². The lowest BCUT2D eigenvalue weighted by Crippen LogP contribution is -2.17. The number of H-pyrrole nitrogens is 1. The fourth-order valence-electron chi connectivity index (χ4n) is 3.43. The van der Waals surface area contributed by atoms with Crippen LogP contribution in [0, 0.1) is 6.92 Å². The first-order valence-electron chi connectivity index (χ1n) is 7.85. The number of carbonyl (C=O) groups is 2. The lowest BCUT2D eigenvalue weighted by atomic mass is 9.88. The van der Waals surface area contributed by atoms with Gasteiger partial charge in [0, 0.05) is 27.9 Å². The van der Waals surface area contributed by atoms with E-state index >= 15 is 0 Å². The van der Waals surface area contributed by atoms with Crippen LogP contribution in [0.2, 0.25) is 0 Å². The van der Waals surface area contributed by atoms with Gasteiger partial charge in [0.1, 0.15) is 0 Å². The zero-order valence-electron chi connectivity index (χ0n) is 13.8. The monoisotopic (exact) mass is 352 g/mol. The van der Waals surface area contributed by atoms with Gasteiger partial charge in [-0.3, -0.25) is 4.79 Å². The van der Waals surface area contributed by atoms with Gasteiger partial charge in [0.05, 0.1) is 24.3 Å². The molecule has 0 bridgehead atoms. The number of hydrogen-bond donors (Lipinski definition) is 2.